The van der Waals surface area contributed by atoms with Crippen LogP contribution in [-0.4, -0.2) is 19.5 Å². The van der Waals surface area contributed by atoms with Crippen LogP contribution in [0, 0.1) is 5.92 Å². The van der Waals surface area contributed by atoms with Crippen molar-refractivity contribution in [2.45, 2.75) is 20.8 Å². The molecule has 2 N–H and O–H groups in total. The van der Waals surface area contributed by atoms with Gasteiger partial charge in [0.2, 0.25) is 0 Å². The molecule has 0 aliphatic heterocycles. The fourth-order valence-electron chi connectivity index (χ4n) is 1.38. The van der Waals surface area contributed by atoms with Crippen LogP contribution in [0.15, 0.2) is 12.1 Å². The van der Waals surface area contributed by atoms with E-state index in [1.807, 2.05) is 6.92 Å². The number of hydrogen-bond donors (Lipinski definition) is 1. The van der Waals surface area contributed by atoms with Crippen LogP contribution in [0.2, 0.25) is 0 Å². The molecule has 0 fully saturated rings. The highest BCUT2D eigenvalue weighted by molar-refractivity contribution is 5.80. The largest absolute Gasteiger partial charge is 0.490 e. The SMILES string of the molecule is CCOc1cc(C=O)cc(N)c1OCC(C)C. The second-order valence-corrected chi connectivity index (χ2v) is 4.19. The van der Waals surface area contributed by atoms with Gasteiger partial charge in [0.25, 0.3) is 0 Å². The summed E-state index contributed by atoms with van der Waals surface area (Å²) in [4.78, 5) is 10.7. The maximum absolute atomic E-state index is 10.7. The van der Waals surface area contributed by atoms with Crippen LogP contribution in [0.5, 0.6) is 11.5 Å². The monoisotopic (exact) mass is 237 g/mol. The standard InChI is InChI=1S/C13H19NO3/c1-4-16-12-6-10(7-15)5-11(14)13(12)17-8-9(2)3/h5-7,9H,4,8,14H2,1-3H3. The highest BCUT2D eigenvalue weighted by Crippen LogP contribution is 2.35. The van der Waals surface area contributed by atoms with Crippen molar-refractivity contribution in [1.29, 1.82) is 0 Å². The van der Waals surface area contributed by atoms with Gasteiger partial charge in [0, 0.05) is 5.56 Å². The molecule has 94 valence electrons. The van der Waals surface area contributed by atoms with Crippen LogP contribution in [0.1, 0.15) is 31.1 Å². The third-order valence-corrected chi connectivity index (χ3v) is 2.10. The number of ether oxygens (including phenoxy) is 2. The number of carbonyl (C=O) groups excluding carboxylic acids is 1. The predicted octanol–water partition coefficient (Wildman–Crippen LogP) is 2.51. The first kappa shape index (κ1) is 13.4. The third kappa shape index (κ3) is 3.66. The topological polar surface area (TPSA) is 61.5 Å². The van der Waals surface area contributed by atoms with Crippen molar-refractivity contribution < 1.29 is 14.3 Å². The second-order valence-electron chi connectivity index (χ2n) is 4.19. The van der Waals surface area contributed by atoms with Crippen molar-refractivity contribution >= 4 is 12.0 Å². The molecular formula is C13H19NO3. The quantitative estimate of drug-likeness (QED) is 0.610. The average molecular weight is 237 g/mol. The molecule has 0 unspecified atom stereocenters. The Hall–Kier alpha value is -1.71. The summed E-state index contributed by atoms with van der Waals surface area (Å²) in [6.07, 6.45) is 0.741. The number of rotatable bonds is 6. The van der Waals surface area contributed by atoms with Crippen molar-refractivity contribution in [3.8, 4) is 11.5 Å². The maximum atomic E-state index is 10.7. The van der Waals surface area contributed by atoms with E-state index >= 15 is 0 Å². The number of nitrogen functional groups attached to an aromatic ring is 1. The van der Waals surface area contributed by atoms with Gasteiger partial charge in [-0.05, 0) is 25.0 Å². The molecule has 4 heteroatoms. The summed E-state index contributed by atoms with van der Waals surface area (Å²) in [6.45, 7) is 7.03. The summed E-state index contributed by atoms with van der Waals surface area (Å²) in [6, 6.07) is 3.23. The Kier molecular flexibility index (Phi) is 4.82. The molecule has 1 aromatic rings. The maximum Gasteiger partial charge on any atom is 0.184 e. The lowest BCUT2D eigenvalue weighted by molar-refractivity contribution is 0.112. The van der Waals surface area contributed by atoms with Crippen LogP contribution >= 0.6 is 0 Å². The van der Waals surface area contributed by atoms with Crippen molar-refractivity contribution in [2.24, 2.45) is 5.92 Å². The number of carbonyl (C=O) groups is 1. The molecule has 4 nitrogen and oxygen atoms in total. The Balaban J connectivity index is 3.02. The van der Waals surface area contributed by atoms with Gasteiger partial charge < -0.3 is 15.2 Å². The fraction of sp³-hybridized carbons (Fsp3) is 0.462. The Morgan fingerprint density at radius 2 is 2.06 bits per heavy atom. The van der Waals surface area contributed by atoms with Gasteiger partial charge in [-0.1, -0.05) is 13.8 Å². The Bertz CT molecular complexity index is 388. The molecule has 0 aliphatic rings. The molecule has 0 atom stereocenters. The molecule has 1 aromatic carbocycles. The van der Waals surface area contributed by atoms with Crippen LogP contribution < -0.4 is 15.2 Å². The van der Waals surface area contributed by atoms with Gasteiger partial charge in [-0.15, -0.1) is 0 Å². The minimum atomic E-state index is 0.398. The van der Waals surface area contributed by atoms with Gasteiger partial charge in [-0.25, -0.2) is 0 Å². The molecular weight excluding hydrogens is 218 g/mol. The van der Waals surface area contributed by atoms with Gasteiger partial charge in [0.05, 0.1) is 18.9 Å². The van der Waals surface area contributed by atoms with Crippen LogP contribution in [0.4, 0.5) is 5.69 Å². The normalized spacial score (nSPS) is 10.4. The molecule has 0 aromatic heterocycles. The van der Waals surface area contributed by atoms with Crippen molar-refractivity contribution in [3.63, 3.8) is 0 Å². The van der Waals surface area contributed by atoms with Gasteiger partial charge in [-0.2, -0.15) is 0 Å². The summed E-state index contributed by atoms with van der Waals surface area (Å²) in [5, 5.41) is 0. The van der Waals surface area contributed by atoms with E-state index in [1.54, 1.807) is 12.1 Å². The summed E-state index contributed by atoms with van der Waals surface area (Å²) in [7, 11) is 0. The van der Waals surface area contributed by atoms with Gasteiger partial charge in [0.15, 0.2) is 11.5 Å². The van der Waals surface area contributed by atoms with Crippen molar-refractivity contribution in [3.05, 3.63) is 17.7 Å². The molecule has 0 spiro atoms. The van der Waals surface area contributed by atoms with Crippen LogP contribution in [0.25, 0.3) is 0 Å². The van der Waals surface area contributed by atoms with Crippen molar-refractivity contribution in [2.75, 3.05) is 18.9 Å². The summed E-state index contributed by atoms with van der Waals surface area (Å²) >= 11 is 0. The zero-order valence-electron chi connectivity index (χ0n) is 10.5. The van der Waals surface area contributed by atoms with E-state index in [9.17, 15) is 4.79 Å². The molecule has 1 rings (SSSR count). The van der Waals surface area contributed by atoms with Crippen LogP contribution in [0.3, 0.4) is 0 Å². The van der Waals surface area contributed by atoms with E-state index in [2.05, 4.69) is 13.8 Å². The van der Waals surface area contributed by atoms with E-state index in [0.29, 0.717) is 41.9 Å². The lowest BCUT2D eigenvalue weighted by Crippen LogP contribution is -2.08. The summed E-state index contributed by atoms with van der Waals surface area (Å²) in [5.41, 5.74) is 6.77. The van der Waals surface area contributed by atoms with E-state index < -0.39 is 0 Å². The molecule has 0 aliphatic carbocycles. The fourth-order valence-corrected chi connectivity index (χ4v) is 1.38. The first-order valence-corrected chi connectivity index (χ1v) is 5.72. The number of benzene rings is 1. The molecule has 0 saturated carbocycles. The highest BCUT2D eigenvalue weighted by atomic mass is 16.5. The van der Waals surface area contributed by atoms with E-state index in [0.717, 1.165) is 6.29 Å². The van der Waals surface area contributed by atoms with E-state index in [4.69, 9.17) is 15.2 Å². The smallest absolute Gasteiger partial charge is 0.184 e. The highest BCUT2D eigenvalue weighted by Gasteiger charge is 2.12. The zero-order valence-corrected chi connectivity index (χ0v) is 10.5. The first-order valence-electron chi connectivity index (χ1n) is 5.72. The first-order chi connectivity index (χ1) is 8.08. The molecule has 0 radical (unpaired) electrons. The number of nitrogens with two attached hydrogens (primary N) is 1. The van der Waals surface area contributed by atoms with Gasteiger partial charge in [0.1, 0.15) is 6.29 Å². The molecule has 0 bridgehead atoms. The molecule has 0 amide bonds. The lowest BCUT2D eigenvalue weighted by Gasteiger charge is -2.15. The number of hydrogen-bond acceptors (Lipinski definition) is 4. The molecule has 0 heterocycles. The number of anilines is 1. The lowest BCUT2D eigenvalue weighted by atomic mass is 10.2. The van der Waals surface area contributed by atoms with Crippen molar-refractivity contribution in [1.82, 2.24) is 0 Å². The minimum absolute atomic E-state index is 0.398. The summed E-state index contributed by atoms with van der Waals surface area (Å²) in [5.74, 6) is 1.44. The summed E-state index contributed by atoms with van der Waals surface area (Å²) < 4.78 is 11.0. The average Bonchev–Trinajstić information content (AvgIpc) is 2.27. The Morgan fingerprint density at radius 3 is 2.59 bits per heavy atom. The molecule has 0 saturated heterocycles. The Morgan fingerprint density at radius 1 is 1.35 bits per heavy atom. The minimum Gasteiger partial charge on any atom is -0.490 e. The van der Waals surface area contributed by atoms with E-state index in [1.165, 1.54) is 0 Å². The van der Waals surface area contributed by atoms with Crippen LogP contribution in [-0.2, 0) is 0 Å². The number of aldehydes is 1. The molecule has 17 heavy (non-hydrogen) atoms. The Labute approximate surface area is 102 Å². The third-order valence-electron chi connectivity index (χ3n) is 2.10. The second kappa shape index (κ2) is 6.13. The predicted molar refractivity (Wildman–Crippen MR) is 67.7 cm³/mol. The van der Waals surface area contributed by atoms with E-state index in [-0.39, 0.29) is 0 Å². The van der Waals surface area contributed by atoms with Gasteiger partial charge >= 0.3 is 0 Å². The zero-order chi connectivity index (χ0) is 12.8. The van der Waals surface area contributed by atoms with Gasteiger partial charge in [-0.3, -0.25) is 4.79 Å².